The van der Waals surface area contributed by atoms with Gasteiger partial charge in [0.25, 0.3) is 5.91 Å². The quantitative estimate of drug-likeness (QED) is 0.787. The third-order valence-electron chi connectivity index (χ3n) is 4.80. The average Bonchev–Trinajstić information content (AvgIpc) is 2.92. The van der Waals surface area contributed by atoms with Crippen LogP contribution in [-0.4, -0.2) is 48.7 Å². The Bertz CT molecular complexity index is 678. The smallest absolute Gasteiger partial charge is 0.265 e. The van der Waals surface area contributed by atoms with Crippen LogP contribution in [0.2, 0.25) is 0 Å². The van der Waals surface area contributed by atoms with Crippen molar-refractivity contribution in [2.75, 3.05) is 31.1 Å². The van der Waals surface area contributed by atoms with E-state index in [0.29, 0.717) is 23.4 Å². The maximum Gasteiger partial charge on any atom is 0.265 e. The lowest BCUT2D eigenvalue weighted by atomic mass is 10.1. The molecule has 0 saturated carbocycles. The van der Waals surface area contributed by atoms with E-state index in [0.717, 1.165) is 38.8 Å². The van der Waals surface area contributed by atoms with Gasteiger partial charge in [-0.25, -0.2) is 0 Å². The van der Waals surface area contributed by atoms with E-state index in [-0.39, 0.29) is 30.7 Å². The molecule has 6 nitrogen and oxygen atoms in total. The van der Waals surface area contributed by atoms with E-state index in [1.165, 1.54) is 4.90 Å². The SMILES string of the molecule is CCC(=O)c1ccc2c(c1)N(CC(=O)N1CCCCCC1)C(=O)CO2. The Hall–Kier alpha value is -2.37. The van der Waals surface area contributed by atoms with Crippen LogP contribution in [0.15, 0.2) is 18.2 Å². The van der Waals surface area contributed by atoms with Gasteiger partial charge in [-0.3, -0.25) is 19.3 Å². The van der Waals surface area contributed by atoms with Gasteiger partial charge < -0.3 is 9.64 Å². The summed E-state index contributed by atoms with van der Waals surface area (Å²) in [6.07, 6.45) is 4.69. The van der Waals surface area contributed by atoms with Crippen LogP contribution >= 0.6 is 0 Å². The first kappa shape index (κ1) is 17.5. The Kier molecular flexibility index (Phi) is 5.36. The summed E-state index contributed by atoms with van der Waals surface area (Å²) in [5.74, 6) is 0.239. The first-order chi connectivity index (χ1) is 12.1. The Morgan fingerprint density at radius 1 is 1.12 bits per heavy atom. The summed E-state index contributed by atoms with van der Waals surface area (Å²) in [6.45, 7) is 3.21. The molecule has 0 atom stereocenters. The molecule has 6 heteroatoms. The summed E-state index contributed by atoms with van der Waals surface area (Å²) in [6, 6.07) is 5.07. The Morgan fingerprint density at radius 3 is 2.52 bits per heavy atom. The molecule has 0 radical (unpaired) electrons. The number of hydrogen-bond donors (Lipinski definition) is 0. The summed E-state index contributed by atoms with van der Waals surface area (Å²) in [4.78, 5) is 40.3. The lowest BCUT2D eigenvalue weighted by Crippen LogP contribution is -2.46. The summed E-state index contributed by atoms with van der Waals surface area (Å²) in [5.41, 5.74) is 1.05. The number of hydrogen-bond acceptors (Lipinski definition) is 4. The highest BCUT2D eigenvalue weighted by atomic mass is 16.5. The van der Waals surface area contributed by atoms with E-state index in [1.807, 2.05) is 4.90 Å². The summed E-state index contributed by atoms with van der Waals surface area (Å²) in [7, 11) is 0. The fourth-order valence-electron chi connectivity index (χ4n) is 3.31. The van der Waals surface area contributed by atoms with Crippen LogP contribution in [0.25, 0.3) is 0 Å². The van der Waals surface area contributed by atoms with Crippen molar-refractivity contribution in [2.24, 2.45) is 0 Å². The van der Waals surface area contributed by atoms with Gasteiger partial charge in [-0.05, 0) is 31.0 Å². The molecular weight excluding hydrogens is 320 g/mol. The highest BCUT2D eigenvalue weighted by molar-refractivity contribution is 6.04. The Balaban J connectivity index is 1.82. The number of benzene rings is 1. The second-order valence-corrected chi connectivity index (χ2v) is 6.52. The predicted octanol–water partition coefficient (Wildman–Crippen LogP) is 2.41. The third kappa shape index (κ3) is 3.83. The average molecular weight is 344 g/mol. The zero-order valence-corrected chi connectivity index (χ0v) is 14.6. The number of amides is 2. The van der Waals surface area contributed by atoms with Gasteiger partial charge in [-0.1, -0.05) is 19.8 Å². The van der Waals surface area contributed by atoms with Crippen molar-refractivity contribution in [1.82, 2.24) is 4.90 Å². The van der Waals surface area contributed by atoms with Gasteiger partial charge in [0, 0.05) is 25.1 Å². The fraction of sp³-hybridized carbons (Fsp3) is 0.526. The number of likely N-dealkylation sites (tertiary alicyclic amines) is 1. The number of rotatable bonds is 4. The monoisotopic (exact) mass is 344 g/mol. The molecule has 25 heavy (non-hydrogen) atoms. The lowest BCUT2D eigenvalue weighted by Gasteiger charge is -2.31. The molecule has 0 spiro atoms. The molecule has 0 bridgehead atoms. The Labute approximate surface area is 147 Å². The van der Waals surface area contributed by atoms with Gasteiger partial charge in [0.1, 0.15) is 12.3 Å². The number of fused-ring (bicyclic) bond motifs is 1. The number of carbonyl (C=O) groups excluding carboxylic acids is 3. The molecule has 1 fully saturated rings. The van der Waals surface area contributed by atoms with E-state index in [1.54, 1.807) is 25.1 Å². The van der Waals surface area contributed by atoms with Crippen molar-refractivity contribution in [3.05, 3.63) is 23.8 Å². The topological polar surface area (TPSA) is 66.9 Å². The molecule has 2 aliphatic heterocycles. The van der Waals surface area contributed by atoms with E-state index in [4.69, 9.17) is 4.74 Å². The third-order valence-corrected chi connectivity index (χ3v) is 4.80. The number of Topliss-reactive ketones (excluding diaryl/α,β-unsaturated/α-hetero) is 1. The van der Waals surface area contributed by atoms with Crippen molar-refractivity contribution in [3.8, 4) is 5.75 Å². The molecule has 1 aromatic rings. The highest BCUT2D eigenvalue weighted by Gasteiger charge is 2.29. The summed E-state index contributed by atoms with van der Waals surface area (Å²) < 4.78 is 5.45. The molecule has 3 rings (SSSR count). The van der Waals surface area contributed by atoms with E-state index in [9.17, 15) is 14.4 Å². The van der Waals surface area contributed by atoms with Crippen LogP contribution in [-0.2, 0) is 9.59 Å². The molecule has 134 valence electrons. The maximum atomic E-state index is 12.7. The van der Waals surface area contributed by atoms with Gasteiger partial charge in [0.15, 0.2) is 12.4 Å². The van der Waals surface area contributed by atoms with Crippen molar-refractivity contribution in [1.29, 1.82) is 0 Å². The van der Waals surface area contributed by atoms with Crippen LogP contribution in [0.5, 0.6) is 5.75 Å². The van der Waals surface area contributed by atoms with Crippen LogP contribution in [0.4, 0.5) is 5.69 Å². The predicted molar refractivity (Wildman–Crippen MR) is 94.0 cm³/mol. The van der Waals surface area contributed by atoms with Crippen LogP contribution in [0.1, 0.15) is 49.4 Å². The van der Waals surface area contributed by atoms with Gasteiger partial charge in [-0.15, -0.1) is 0 Å². The highest BCUT2D eigenvalue weighted by Crippen LogP contribution is 2.33. The minimum absolute atomic E-state index is 0.000355. The molecule has 2 aliphatic rings. The number of ether oxygens (including phenoxy) is 1. The molecule has 2 amide bonds. The zero-order valence-electron chi connectivity index (χ0n) is 14.6. The van der Waals surface area contributed by atoms with E-state index >= 15 is 0 Å². The minimum atomic E-state index is -0.253. The second kappa shape index (κ2) is 7.68. The first-order valence-electron chi connectivity index (χ1n) is 8.98. The van der Waals surface area contributed by atoms with Gasteiger partial charge in [0.2, 0.25) is 5.91 Å². The molecular formula is C19H24N2O4. The van der Waals surface area contributed by atoms with Gasteiger partial charge in [-0.2, -0.15) is 0 Å². The largest absolute Gasteiger partial charge is 0.482 e. The van der Waals surface area contributed by atoms with E-state index in [2.05, 4.69) is 0 Å². The molecule has 0 N–H and O–H groups in total. The van der Waals surface area contributed by atoms with Crippen LogP contribution in [0.3, 0.4) is 0 Å². The van der Waals surface area contributed by atoms with Crippen molar-refractivity contribution >= 4 is 23.3 Å². The number of nitrogens with zero attached hydrogens (tertiary/aromatic N) is 2. The van der Waals surface area contributed by atoms with Crippen LogP contribution in [0, 0.1) is 0 Å². The van der Waals surface area contributed by atoms with Crippen molar-refractivity contribution < 1.29 is 19.1 Å². The fourth-order valence-corrected chi connectivity index (χ4v) is 3.31. The standard InChI is InChI=1S/C19H24N2O4/c1-2-16(22)14-7-8-17-15(11-14)21(19(24)13-25-17)12-18(23)20-9-5-3-4-6-10-20/h7-8,11H,2-6,9-10,12-13H2,1H3. The number of anilines is 1. The number of ketones is 1. The van der Waals surface area contributed by atoms with Crippen molar-refractivity contribution in [3.63, 3.8) is 0 Å². The summed E-state index contributed by atoms with van der Waals surface area (Å²) >= 11 is 0. The minimum Gasteiger partial charge on any atom is -0.482 e. The number of carbonyl (C=O) groups is 3. The summed E-state index contributed by atoms with van der Waals surface area (Å²) in [5, 5.41) is 0. The molecule has 0 unspecified atom stereocenters. The zero-order chi connectivity index (χ0) is 17.8. The second-order valence-electron chi connectivity index (χ2n) is 6.52. The molecule has 0 aromatic heterocycles. The molecule has 0 aliphatic carbocycles. The van der Waals surface area contributed by atoms with Crippen molar-refractivity contribution in [2.45, 2.75) is 39.0 Å². The van der Waals surface area contributed by atoms with E-state index < -0.39 is 0 Å². The maximum absolute atomic E-state index is 12.7. The Morgan fingerprint density at radius 2 is 1.84 bits per heavy atom. The first-order valence-corrected chi connectivity index (χ1v) is 8.98. The van der Waals surface area contributed by atoms with Gasteiger partial charge in [0.05, 0.1) is 5.69 Å². The molecule has 1 aromatic carbocycles. The molecule has 1 saturated heterocycles. The lowest BCUT2D eigenvalue weighted by molar-refractivity contribution is -0.132. The normalized spacial score (nSPS) is 17.6. The molecule has 2 heterocycles. The van der Waals surface area contributed by atoms with Gasteiger partial charge >= 0.3 is 0 Å². The van der Waals surface area contributed by atoms with Crippen LogP contribution < -0.4 is 9.64 Å².